The highest BCUT2D eigenvalue weighted by molar-refractivity contribution is 7.97. The molecule has 0 spiro atoms. The van der Waals surface area contributed by atoms with Crippen molar-refractivity contribution < 1.29 is 19.4 Å². The van der Waals surface area contributed by atoms with Gasteiger partial charge < -0.3 is 14.6 Å². The zero-order valence-corrected chi connectivity index (χ0v) is 8.67. The normalized spacial score (nSPS) is 9.64. The van der Waals surface area contributed by atoms with E-state index in [0.29, 0.717) is 11.5 Å². The fraction of sp³-hybridized carbons (Fsp3) is 0.222. The van der Waals surface area contributed by atoms with Gasteiger partial charge in [0.05, 0.1) is 19.8 Å². The van der Waals surface area contributed by atoms with Gasteiger partial charge in [0, 0.05) is 6.07 Å². The van der Waals surface area contributed by atoms with Gasteiger partial charge in [-0.25, -0.2) is 0 Å². The van der Waals surface area contributed by atoms with Crippen LogP contribution in [0.2, 0.25) is 0 Å². The average Bonchev–Trinajstić information content (AvgIpc) is 2.16. The summed E-state index contributed by atoms with van der Waals surface area (Å²) < 4.78 is 9.89. The van der Waals surface area contributed by atoms with Crippen molar-refractivity contribution in [1.29, 1.82) is 0 Å². The summed E-state index contributed by atoms with van der Waals surface area (Å²) in [4.78, 5) is 10.9. The minimum atomic E-state index is -0.525. The summed E-state index contributed by atoms with van der Waals surface area (Å²) in [7, 11) is 2.89. The van der Waals surface area contributed by atoms with Gasteiger partial charge in [-0.05, 0) is 6.07 Å². The Hall–Kier alpha value is -1.36. The van der Waals surface area contributed by atoms with Crippen LogP contribution in [-0.4, -0.2) is 24.4 Å². The number of carbonyl (C=O) groups is 1. The van der Waals surface area contributed by atoms with Gasteiger partial charge in [-0.15, -0.1) is 12.6 Å². The fourth-order valence-electron chi connectivity index (χ4n) is 1.04. The van der Waals surface area contributed by atoms with E-state index < -0.39 is 5.12 Å². The largest absolute Gasteiger partial charge is 0.507 e. The van der Waals surface area contributed by atoms with Crippen molar-refractivity contribution in [2.75, 3.05) is 14.2 Å². The summed E-state index contributed by atoms with van der Waals surface area (Å²) in [5.74, 6) is 0.564. The molecule has 0 saturated carbocycles. The molecule has 0 aliphatic carbocycles. The summed E-state index contributed by atoms with van der Waals surface area (Å²) in [5.41, 5.74) is 0.0889. The highest BCUT2D eigenvalue weighted by atomic mass is 32.1. The van der Waals surface area contributed by atoms with Crippen molar-refractivity contribution in [1.82, 2.24) is 0 Å². The van der Waals surface area contributed by atoms with Crippen LogP contribution in [-0.2, 0) is 0 Å². The first-order valence-electron chi connectivity index (χ1n) is 3.78. The number of methoxy groups -OCH3 is 2. The van der Waals surface area contributed by atoms with Crippen LogP contribution in [0.1, 0.15) is 10.4 Å². The predicted molar refractivity (Wildman–Crippen MR) is 54.5 cm³/mol. The molecule has 76 valence electrons. The average molecular weight is 214 g/mol. The standard InChI is InChI=1S/C9H10O4S/c1-12-7-3-5(9(11)14)6(10)4-8(7)13-2/h3-4,10H,1-2H3,(H,11,14). The molecule has 0 amide bonds. The van der Waals surface area contributed by atoms with Crippen LogP contribution in [0.5, 0.6) is 17.2 Å². The molecule has 0 unspecified atom stereocenters. The molecule has 14 heavy (non-hydrogen) atoms. The molecule has 4 nitrogen and oxygen atoms in total. The lowest BCUT2D eigenvalue weighted by Gasteiger charge is -2.09. The quantitative estimate of drug-likeness (QED) is 0.748. The Morgan fingerprint density at radius 3 is 2.21 bits per heavy atom. The van der Waals surface area contributed by atoms with Crippen LogP contribution >= 0.6 is 12.6 Å². The Balaban J connectivity index is 3.30. The Bertz CT molecular complexity index is 362. The number of thiol groups is 1. The third-order valence-electron chi connectivity index (χ3n) is 1.73. The van der Waals surface area contributed by atoms with Gasteiger partial charge in [0.1, 0.15) is 5.75 Å². The molecule has 0 radical (unpaired) electrons. The molecule has 0 aliphatic heterocycles. The molecule has 0 bridgehead atoms. The summed E-state index contributed by atoms with van der Waals surface area (Å²) in [6.07, 6.45) is 0. The lowest BCUT2D eigenvalue weighted by atomic mass is 10.2. The number of phenolic OH excluding ortho intramolecular Hbond substituents is 1. The number of aromatic hydroxyl groups is 1. The predicted octanol–water partition coefficient (Wildman–Crippen LogP) is 1.48. The monoisotopic (exact) mass is 214 g/mol. The molecule has 1 N–H and O–H groups in total. The van der Waals surface area contributed by atoms with Crippen molar-refractivity contribution in [3.05, 3.63) is 17.7 Å². The van der Waals surface area contributed by atoms with Gasteiger partial charge in [-0.1, -0.05) is 0 Å². The van der Waals surface area contributed by atoms with E-state index in [-0.39, 0.29) is 11.3 Å². The molecular formula is C9H10O4S. The molecule has 5 heteroatoms. The Morgan fingerprint density at radius 2 is 1.79 bits per heavy atom. The van der Waals surface area contributed by atoms with Gasteiger partial charge in [-0.3, -0.25) is 4.79 Å². The number of carbonyl (C=O) groups excluding carboxylic acids is 1. The third kappa shape index (κ3) is 1.93. The first-order chi connectivity index (χ1) is 6.60. The maximum atomic E-state index is 10.9. The maximum absolute atomic E-state index is 10.9. The van der Waals surface area contributed by atoms with Gasteiger partial charge in [0.25, 0.3) is 0 Å². The molecule has 1 aromatic rings. The molecular weight excluding hydrogens is 204 g/mol. The zero-order valence-electron chi connectivity index (χ0n) is 7.77. The fourth-order valence-corrected chi connectivity index (χ4v) is 1.22. The lowest BCUT2D eigenvalue weighted by Crippen LogP contribution is -1.95. The van der Waals surface area contributed by atoms with Crippen molar-refractivity contribution in [2.24, 2.45) is 0 Å². The Morgan fingerprint density at radius 1 is 1.29 bits per heavy atom. The van der Waals surface area contributed by atoms with E-state index in [1.807, 2.05) is 0 Å². The minimum Gasteiger partial charge on any atom is -0.507 e. The Labute approximate surface area is 86.9 Å². The van der Waals surface area contributed by atoms with Gasteiger partial charge >= 0.3 is 0 Å². The van der Waals surface area contributed by atoms with Crippen molar-refractivity contribution in [2.45, 2.75) is 0 Å². The number of ether oxygens (including phenoxy) is 2. The number of rotatable bonds is 3. The second-order valence-electron chi connectivity index (χ2n) is 2.53. The second kappa shape index (κ2) is 4.23. The highest BCUT2D eigenvalue weighted by Crippen LogP contribution is 2.34. The van der Waals surface area contributed by atoms with Gasteiger partial charge in [0.15, 0.2) is 11.5 Å². The number of benzene rings is 1. The lowest BCUT2D eigenvalue weighted by molar-refractivity contribution is 0.108. The molecule has 1 rings (SSSR count). The van der Waals surface area contributed by atoms with E-state index in [0.717, 1.165) is 0 Å². The maximum Gasteiger partial charge on any atom is 0.220 e. The van der Waals surface area contributed by atoms with Crippen molar-refractivity contribution in [3.8, 4) is 17.2 Å². The minimum absolute atomic E-state index is 0.0889. The van der Waals surface area contributed by atoms with Gasteiger partial charge in [0.2, 0.25) is 5.12 Å². The van der Waals surface area contributed by atoms with E-state index in [1.54, 1.807) is 0 Å². The van der Waals surface area contributed by atoms with Crippen molar-refractivity contribution >= 4 is 17.7 Å². The smallest absolute Gasteiger partial charge is 0.220 e. The number of hydrogen-bond acceptors (Lipinski definition) is 4. The van der Waals surface area contributed by atoms with Gasteiger partial charge in [-0.2, -0.15) is 0 Å². The van der Waals surface area contributed by atoms with Crippen LogP contribution in [0.15, 0.2) is 12.1 Å². The van der Waals surface area contributed by atoms with Crippen LogP contribution in [0.25, 0.3) is 0 Å². The van der Waals surface area contributed by atoms with Crippen LogP contribution in [0.4, 0.5) is 0 Å². The first kappa shape index (κ1) is 10.7. The van der Waals surface area contributed by atoms with E-state index in [2.05, 4.69) is 12.6 Å². The first-order valence-corrected chi connectivity index (χ1v) is 4.23. The molecule has 0 aliphatic rings. The number of phenols is 1. The molecule has 0 heterocycles. The Kier molecular flexibility index (Phi) is 3.24. The summed E-state index contributed by atoms with van der Waals surface area (Å²) in [5, 5.41) is 8.88. The number of hydrogen-bond donors (Lipinski definition) is 2. The SMILES string of the molecule is COc1cc(O)c(C(=O)S)cc1OC. The van der Waals surface area contributed by atoms with Crippen LogP contribution in [0, 0.1) is 0 Å². The van der Waals surface area contributed by atoms with Crippen LogP contribution < -0.4 is 9.47 Å². The summed E-state index contributed by atoms with van der Waals surface area (Å²) >= 11 is 3.61. The van der Waals surface area contributed by atoms with Crippen molar-refractivity contribution in [3.63, 3.8) is 0 Å². The van der Waals surface area contributed by atoms with E-state index in [9.17, 15) is 9.90 Å². The summed E-state index contributed by atoms with van der Waals surface area (Å²) in [6, 6.07) is 2.69. The summed E-state index contributed by atoms with van der Waals surface area (Å²) in [6.45, 7) is 0. The topological polar surface area (TPSA) is 55.8 Å². The van der Waals surface area contributed by atoms with Crippen LogP contribution in [0.3, 0.4) is 0 Å². The molecule has 0 saturated heterocycles. The molecule has 1 aromatic carbocycles. The van der Waals surface area contributed by atoms with E-state index in [4.69, 9.17) is 9.47 Å². The molecule has 0 fully saturated rings. The second-order valence-corrected chi connectivity index (χ2v) is 2.94. The molecule has 0 atom stereocenters. The van der Waals surface area contributed by atoms with E-state index >= 15 is 0 Å². The molecule has 0 aromatic heterocycles. The zero-order chi connectivity index (χ0) is 10.7. The highest BCUT2D eigenvalue weighted by Gasteiger charge is 2.13. The van der Waals surface area contributed by atoms with E-state index in [1.165, 1.54) is 26.4 Å². The third-order valence-corrected chi connectivity index (χ3v) is 1.97.